The van der Waals surface area contributed by atoms with Gasteiger partial charge in [0.1, 0.15) is 0 Å². The molecule has 2 amide bonds. The molecule has 0 saturated heterocycles. The second kappa shape index (κ2) is 39.8. The normalized spacial score (nSPS) is 11.8. The molecule has 0 radical (unpaired) electrons. The summed E-state index contributed by atoms with van der Waals surface area (Å²) in [5.74, 6) is 0.397. The Hall–Kier alpha value is -1.62. The quantitative estimate of drug-likeness (QED) is 0.0506. The van der Waals surface area contributed by atoms with Gasteiger partial charge in [-0.15, -0.1) is 0 Å². The number of hydrogen-bond donors (Lipinski definition) is 2. The van der Waals surface area contributed by atoms with Crippen molar-refractivity contribution in [1.29, 1.82) is 0 Å². The molecule has 0 heterocycles. The van der Waals surface area contributed by atoms with Gasteiger partial charge in [0.2, 0.25) is 11.8 Å². The Bertz CT molecular complexity index is 676. The SMILES string of the molecule is CCCCCCCC/C=C\CCCCCCCC(=O)NCCCN(C)CCCNC(=O)CCCCCCC/C=C\CCCCCCCC. The molecule has 0 atom stereocenters. The van der Waals surface area contributed by atoms with Gasteiger partial charge >= 0.3 is 0 Å². The van der Waals surface area contributed by atoms with Gasteiger partial charge in [-0.25, -0.2) is 0 Å². The molecule has 0 aliphatic heterocycles. The fourth-order valence-corrected chi connectivity index (χ4v) is 6.15. The summed E-state index contributed by atoms with van der Waals surface area (Å²) in [6.07, 6.45) is 46.1. The molecule has 0 rings (SSSR count). The minimum atomic E-state index is 0.198. The van der Waals surface area contributed by atoms with E-state index in [0.29, 0.717) is 12.8 Å². The van der Waals surface area contributed by atoms with Crippen LogP contribution >= 0.6 is 0 Å². The Morgan fingerprint density at radius 1 is 0.417 bits per heavy atom. The predicted octanol–water partition coefficient (Wildman–Crippen LogP) is 12.0. The molecule has 0 spiro atoms. The molecule has 5 nitrogen and oxygen atoms in total. The van der Waals surface area contributed by atoms with E-state index >= 15 is 0 Å². The van der Waals surface area contributed by atoms with E-state index in [4.69, 9.17) is 0 Å². The lowest BCUT2D eigenvalue weighted by atomic mass is 10.1. The smallest absolute Gasteiger partial charge is 0.219 e. The zero-order valence-corrected chi connectivity index (χ0v) is 32.6. The Morgan fingerprint density at radius 3 is 1.04 bits per heavy atom. The third kappa shape index (κ3) is 38.8. The molecule has 0 aromatic rings. The number of allylic oxidation sites excluding steroid dienone is 4. The maximum absolute atomic E-state index is 12.1. The lowest BCUT2D eigenvalue weighted by molar-refractivity contribution is -0.122. The molecule has 0 bridgehead atoms. The maximum Gasteiger partial charge on any atom is 0.219 e. The lowest BCUT2D eigenvalue weighted by Gasteiger charge is -2.16. The van der Waals surface area contributed by atoms with Crippen molar-refractivity contribution < 1.29 is 9.59 Å². The van der Waals surface area contributed by atoms with Crippen molar-refractivity contribution in [3.63, 3.8) is 0 Å². The van der Waals surface area contributed by atoms with Crippen molar-refractivity contribution in [3.05, 3.63) is 24.3 Å². The summed E-state index contributed by atoms with van der Waals surface area (Å²) in [6, 6.07) is 0. The molecule has 5 heteroatoms. The maximum atomic E-state index is 12.1. The van der Waals surface area contributed by atoms with Gasteiger partial charge in [0, 0.05) is 25.9 Å². The highest BCUT2D eigenvalue weighted by Gasteiger charge is 2.04. The minimum absolute atomic E-state index is 0.198. The number of nitrogens with one attached hydrogen (secondary N) is 2. The van der Waals surface area contributed by atoms with Gasteiger partial charge in [-0.1, -0.05) is 141 Å². The Kier molecular flexibility index (Phi) is 38.5. The van der Waals surface area contributed by atoms with Crippen LogP contribution in [0.3, 0.4) is 0 Å². The first-order valence-corrected chi connectivity index (χ1v) is 21.1. The number of rotatable bonds is 38. The molecule has 282 valence electrons. The molecule has 0 fully saturated rings. The van der Waals surface area contributed by atoms with Gasteiger partial charge in [-0.3, -0.25) is 9.59 Å². The fraction of sp³-hybridized carbons (Fsp3) is 0.860. The van der Waals surface area contributed by atoms with E-state index in [-0.39, 0.29) is 11.8 Å². The van der Waals surface area contributed by atoms with E-state index < -0.39 is 0 Å². The summed E-state index contributed by atoms with van der Waals surface area (Å²) >= 11 is 0. The van der Waals surface area contributed by atoms with E-state index in [2.05, 4.69) is 60.7 Å². The zero-order chi connectivity index (χ0) is 35.0. The monoisotopic (exact) mass is 674 g/mol. The fourth-order valence-electron chi connectivity index (χ4n) is 6.15. The summed E-state index contributed by atoms with van der Waals surface area (Å²) in [5.41, 5.74) is 0. The molecule has 0 unspecified atom stereocenters. The van der Waals surface area contributed by atoms with Crippen LogP contribution in [0.2, 0.25) is 0 Å². The number of nitrogens with zero attached hydrogens (tertiary/aromatic N) is 1. The van der Waals surface area contributed by atoms with Gasteiger partial charge in [0.05, 0.1) is 0 Å². The Labute approximate surface area is 300 Å². The average Bonchev–Trinajstić information content (AvgIpc) is 3.08. The average molecular weight is 674 g/mol. The highest BCUT2D eigenvalue weighted by atomic mass is 16.2. The van der Waals surface area contributed by atoms with Crippen LogP contribution in [-0.2, 0) is 9.59 Å². The second-order valence-corrected chi connectivity index (χ2v) is 14.4. The number of carbonyl (C=O) groups is 2. The minimum Gasteiger partial charge on any atom is -0.356 e. The number of hydrogen-bond acceptors (Lipinski definition) is 3. The van der Waals surface area contributed by atoms with Crippen molar-refractivity contribution in [2.45, 2.75) is 206 Å². The van der Waals surface area contributed by atoms with Crippen LogP contribution in [0, 0.1) is 0 Å². The topological polar surface area (TPSA) is 61.4 Å². The molecular weight excluding hydrogens is 590 g/mol. The van der Waals surface area contributed by atoms with Crippen LogP contribution in [0.4, 0.5) is 0 Å². The van der Waals surface area contributed by atoms with Crippen LogP contribution in [0.15, 0.2) is 24.3 Å². The third-order valence-electron chi connectivity index (χ3n) is 9.41. The molecule has 0 aromatic carbocycles. The number of carbonyl (C=O) groups excluding carboxylic acids is 2. The van der Waals surface area contributed by atoms with Crippen LogP contribution < -0.4 is 10.6 Å². The van der Waals surface area contributed by atoms with Crippen LogP contribution in [0.5, 0.6) is 0 Å². The zero-order valence-electron chi connectivity index (χ0n) is 32.6. The van der Waals surface area contributed by atoms with E-state index in [1.54, 1.807) is 0 Å². The molecule has 48 heavy (non-hydrogen) atoms. The summed E-state index contributed by atoms with van der Waals surface area (Å²) in [5, 5.41) is 6.18. The van der Waals surface area contributed by atoms with Crippen molar-refractivity contribution >= 4 is 11.8 Å². The van der Waals surface area contributed by atoms with Gasteiger partial charge in [-0.2, -0.15) is 0 Å². The van der Waals surface area contributed by atoms with Crippen LogP contribution in [0.25, 0.3) is 0 Å². The van der Waals surface area contributed by atoms with E-state index in [0.717, 1.165) is 64.7 Å². The molecule has 0 aromatic heterocycles. The molecule has 0 aliphatic rings. The summed E-state index contributed by atoms with van der Waals surface area (Å²) < 4.78 is 0. The van der Waals surface area contributed by atoms with Gasteiger partial charge in [0.15, 0.2) is 0 Å². The van der Waals surface area contributed by atoms with Crippen LogP contribution in [-0.4, -0.2) is 49.9 Å². The van der Waals surface area contributed by atoms with E-state index in [1.165, 1.54) is 141 Å². The van der Waals surface area contributed by atoms with Crippen molar-refractivity contribution in [3.8, 4) is 0 Å². The van der Waals surface area contributed by atoms with Gasteiger partial charge < -0.3 is 15.5 Å². The second-order valence-electron chi connectivity index (χ2n) is 14.4. The van der Waals surface area contributed by atoms with Crippen LogP contribution in [0.1, 0.15) is 206 Å². The third-order valence-corrected chi connectivity index (χ3v) is 9.41. The van der Waals surface area contributed by atoms with Crippen molar-refractivity contribution in [2.75, 3.05) is 33.2 Å². The summed E-state index contributed by atoms with van der Waals surface area (Å²) in [4.78, 5) is 26.6. The number of unbranched alkanes of at least 4 members (excludes halogenated alkanes) is 22. The lowest BCUT2D eigenvalue weighted by Crippen LogP contribution is -2.30. The first kappa shape index (κ1) is 46.4. The van der Waals surface area contributed by atoms with E-state index in [9.17, 15) is 9.59 Å². The molecule has 0 aliphatic carbocycles. The molecule has 0 saturated carbocycles. The highest BCUT2D eigenvalue weighted by molar-refractivity contribution is 5.76. The molecular formula is C43H83N3O2. The standard InChI is InChI=1S/C43H83N3O2/c1-4-6-8-10-12-14-16-18-20-22-24-26-28-30-32-36-42(47)44-38-34-40-46(3)41-35-39-45-43(48)37-33-31-29-27-25-23-21-19-17-15-13-11-9-7-5-2/h18-21H,4-17,22-41H2,1-3H3,(H,44,47)(H,45,48)/b20-18-,21-19-. The highest BCUT2D eigenvalue weighted by Crippen LogP contribution is 2.11. The molecule has 2 N–H and O–H groups in total. The Morgan fingerprint density at radius 2 is 0.708 bits per heavy atom. The summed E-state index contributed by atoms with van der Waals surface area (Å²) in [7, 11) is 2.13. The first-order valence-electron chi connectivity index (χ1n) is 21.1. The van der Waals surface area contributed by atoms with Crippen molar-refractivity contribution in [1.82, 2.24) is 15.5 Å². The largest absolute Gasteiger partial charge is 0.356 e. The summed E-state index contributed by atoms with van der Waals surface area (Å²) in [6.45, 7) is 7.99. The van der Waals surface area contributed by atoms with Crippen molar-refractivity contribution in [2.24, 2.45) is 0 Å². The van der Waals surface area contributed by atoms with Gasteiger partial charge in [-0.05, 0) is 97.2 Å². The number of amides is 2. The van der Waals surface area contributed by atoms with E-state index in [1.807, 2.05) is 0 Å². The Balaban J connectivity index is 3.41. The first-order chi connectivity index (χ1) is 23.6. The predicted molar refractivity (Wildman–Crippen MR) is 212 cm³/mol. The van der Waals surface area contributed by atoms with Gasteiger partial charge in [0.25, 0.3) is 0 Å².